The molecule has 1 aliphatic rings. The van der Waals surface area contributed by atoms with Gasteiger partial charge in [0.05, 0.1) is 18.0 Å². The van der Waals surface area contributed by atoms with Crippen molar-refractivity contribution in [2.45, 2.75) is 38.0 Å². The lowest BCUT2D eigenvalue weighted by molar-refractivity contribution is -0.165. The predicted octanol–water partition coefficient (Wildman–Crippen LogP) is 0.369. The average molecular weight is 382 g/mol. The Morgan fingerprint density at radius 1 is 1.64 bits per heavy atom. The summed E-state index contributed by atoms with van der Waals surface area (Å²) in [5, 5.41) is 10.2. The first-order valence-corrected chi connectivity index (χ1v) is 7.93. The van der Waals surface area contributed by atoms with Gasteiger partial charge in [-0.1, -0.05) is 13.8 Å². The van der Waals surface area contributed by atoms with E-state index in [1.165, 1.54) is 0 Å². The Labute approximate surface area is 146 Å². The van der Waals surface area contributed by atoms with Crippen LogP contribution in [-0.2, 0) is 14.3 Å². The van der Waals surface area contributed by atoms with Crippen molar-refractivity contribution in [2.24, 2.45) is 5.92 Å². The van der Waals surface area contributed by atoms with E-state index in [1.807, 2.05) is 0 Å². The third kappa shape index (κ3) is 3.60. The van der Waals surface area contributed by atoms with E-state index < -0.39 is 65.8 Å². The zero-order valence-electron chi connectivity index (χ0n) is 13.5. The lowest BCUT2D eigenvalue weighted by Gasteiger charge is -2.29. The van der Waals surface area contributed by atoms with Crippen LogP contribution in [0.5, 0.6) is 0 Å². The number of alkyl halides is 2. The van der Waals surface area contributed by atoms with E-state index in [2.05, 4.69) is 4.98 Å². The molecule has 0 radical (unpaired) electrons. The fraction of sp³-hybridized carbons (Fsp3) is 0.643. The highest BCUT2D eigenvalue weighted by Crippen LogP contribution is 2.39. The van der Waals surface area contributed by atoms with E-state index >= 15 is 0 Å². The van der Waals surface area contributed by atoms with Crippen LogP contribution in [-0.4, -0.2) is 51.0 Å². The van der Waals surface area contributed by atoms with Gasteiger partial charge in [-0.15, -0.1) is 11.6 Å². The maximum atomic E-state index is 14.5. The van der Waals surface area contributed by atoms with Gasteiger partial charge in [0, 0.05) is 0 Å². The van der Waals surface area contributed by atoms with Crippen LogP contribution in [0.4, 0.5) is 14.6 Å². The van der Waals surface area contributed by atoms with Crippen LogP contribution in [0.2, 0.25) is 0 Å². The highest BCUT2D eigenvalue weighted by atomic mass is 35.5. The quantitative estimate of drug-likeness (QED) is 0.559. The van der Waals surface area contributed by atoms with E-state index in [0.29, 0.717) is 10.8 Å². The van der Waals surface area contributed by atoms with Crippen LogP contribution >= 0.6 is 11.6 Å². The molecule has 1 aromatic rings. The second-order valence-corrected chi connectivity index (χ2v) is 6.29. The van der Waals surface area contributed by atoms with Crippen molar-refractivity contribution >= 4 is 23.4 Å². The fourth-order valence-corrected chi connectivity index (χ4v) is 2.60. The summed E-state index contributed by atoms with van der Waals surface area (Å²) in [6, 6.07) is 0. The van der Waals surface area contributed by atoms with E-state index in [-0.39, 0.29) is 0 Å². The molecule has 8 nitrogen and oxygen atoms in total. The van der Waals surface area contributed by atoms with Crippen LogP contribution in [0.15, 0.2) is 11.0 Å². The zero-order valence-corrected chi connectivity index (χ0v) is 14.2. The lowest BCUT2D eigenvalue weighted by Crippen LogP contribution is -2.48. The summed E-state index contributed by atoms with van der Waals surface area (Å²) in [7, 11) is 0. The summed E-state index contributed by atoms with van der Waals surface area (Å²) >= 11 is 5.80. The molecule has 0 aromatic carbocycles. The molecule has 1 aromatic heterocycles. The van der Waals surface area contributed by atoms with Crippen LogP contribution in [0.25, 0.3) is 0 Å². The SMILES string of the molecule is CC(C)C(=O)OC[C@@]1(CCl)O[C@@H](n2cc(F)c(N)nc2=O)[C@@H](F)[C@@H]1O. The number of hydrogen-bond donors (Lipinski definition) is 2. The molecule has 4 atom stereocenters. The van der Waals surface area contributed by atoms with Crippen molar-refractivity contribution in [3.8, 4) is 0 Å². The highest BCUT2D eigenvalue weighted by molar-refractivity contribution is 6.18. The minimum absolute atomic E-state index is 0.434. The van der Waals surface area contributed by atoms with Crippen LogP contribution < -0.4 is 11.4 Å². The van der Waals surface area contributed by atoms with Gasteiger partial charge >= 0.3 is 11.7 Å². The Morgan fingerprint density at radius 3 is 2.84 bits per heavy atom. The molecule has 2 rings (SSSR count). The smallest absolute Gasteiger partial charge is 0.351 e. The van der Waals surface area contributed by atoms with Crippen LogP contribution in [0, 0.1) is 11.7 Å². The van der Waals surface area contributed by atoms with Crippen LogP contribution in [0.3, 0.4) is 0 Å². The first-order valence-electron chi connectivity index (χ1n) is 7.39. The number of hydrogen-bond acceptors (Lipinski definition) is 7. The third-order valence-electron chi connectivity index (χ3n) is 3.83. The van der Waals surface area contributed by atoms with E-state index in [0.717, 1.165) is 0 Å². The Hall–Kier alpha value is -1.78. The van der Waals surface area contributed by atoms with Crippen molar-refractivity contribution in [1.29, 1.82) is 0 Å². The number of aromatic nitrogens is 2. The molecule has 1 fully saturated rings. The number of carbonyl (C=O) groups excluding carboxylic acids is 1. The number of anilines is 1. The molecule has 1 saturated heterocycles. The number of rotatable bonds is 5. The Kier molecular flexibility index (Phi) is 5.65. The Morgan fingerprint density at radius 2 is 2.28 bits per heavy atom. The van der Waals surface area contributed by atoms with Gasteiger partial charge in [0.25, 0.3) is 0 Å². The molecule has 25 heavy (non-hydrogen) atoms. The molecular weight excluding hydrogens is 364 g/mol. The second kappa shape index (κ2) is 7.22. The molecule has 0 spiro atoms. The molecule has 2 heterocycles. The molecule has 3 N–H and O–H groups in total. The summed E-state index contributed by atoms with van der Waals surface area (Å²) < 4.78 is 39.0. The molecule has 0 amide bonds. The number of nitrogens with zero attached hydrogens (tertiary/aromatic N) is 2. The summed E-state index contributed by atoms with van der Waals surface area (Å²) in [4.78, 5) is 26.7. The number of aliphatic hydroxyl groups is 1. The van der Waals surface area contributed by atoms with Crippen molar-refractivity contribution < 1.29 is 28.2 Å². The topological polar surface area (TPSA) is 117 Å². The number of nitrogens with two attached hydrogens (primary N) is 1. The first kappa shape index (κ1) is 19.5. The molecular formula is C14H18ClF2N3O5. The highest BCUT2D eigenvalue weighted by Gasteiger charge is 2.56. The minimum atomic E-state index is -2.14. The summed E-state index contributed by atoms with van der Waals surface area (Å²) in [5.74, 6) is -3.20. The monoisotopic (exact) mass is 381 g/mol. The zero-order chi connectivity index (χ0) is 18.9. The Bertz CT molecular complexity index is 716. The maximum absolute atomic E-state index is 14.5. The van der Waals surface area contributed by atoms with Gasteiger partial charge < -0.3 is 20.3 Å². The summed E-state index contributed by atoms with van der Waals surface area (Å²) in [6.07, 6.45) is -5.04. The first-order chi connectivity index (χ1) is 11.6. The molecule has 11 heteroatoms. The number of carbonyl (C=O) groups is 1. The van der Waals surface area contributed by atoms with E-state index in [1.54, 1.807) is 13.8 Å². The number of esters is 1. The molecule has 140 valence electrons. The fourth-order valence-electron chi connectivity index (χ4n) is 2.30. The van der Waals surface area contributed by atoms with Crippen LogP contribution in [0.1, 0.15) is 20.1 Å². The van der Waals surface area contributed by atoms with Gasteiger partial charge in [-0.3, -0.25) is 9.36 Å². The largest absolute Gasteiger partial charge is 0.462 e. The molecule has 0 bridgehead atoms. The minimum Gasteiger partial charge on any atom is -0.462 e. The maximum Gasteiger partial charge on any atom is 0.351 e. The van der Waals surface area contributed by atoms with Gasteiger partial charge in [-0.2, -0.15) is 4.98 Å². The van der Waals surface area contributed by atoms with Gasteiger partial charge in [0.1, 0.15) is 18.3 Å². The summed E-state index contributed by atoms with van der Waals surface area (Å²) in [5.41, 5.74) is 2.31. The third-order valence-corrected chi connectivity index (χ3v) is 4.29. The van der Waals surface area contributed by atoms with Crippen molar-refractivity contribution in [3.63, 3.8) is 0 Å². The predicted molar refractivity (Wildman–Crippen MR) is 83.1 cm³/mol. The normalized spacial score (nSPS) is 29.2. The van der Waals surface area contributed by atoms with E-state index in [4.69, 9.17) is 26.8 Å². The average Bonchev–Trinajstić information content (AvgIpc) is 2.81. The number of aliphatic hydroxyl groups excluding tert-OH is 1. The number of ether oxygens (including phenoxy) is 2. The number of halogens is 3. The van der Waals surface area contributed by atoms with E-state index in [9.17, 15) is 23.5 Å². The standard InChI is InChI=1S/C14H18ClF2N3O5/c1-6(2)12(22)24-5-14(4-15)9(21)8(17)11(25-14)20-3-7(16)10(18)19-13(20)23/h3,6,8-9,11,21H,4-5H2,1-2H3,(H2,18,19,23)/t8-,9-,11+,14+/m0/s1. The second-order valence-electron chi connectivity index (χ2n) is 6.02. The van der Waals surface area contributed by atoms with Gasteiger partial charge in [0.15, 0.2) is 24.0 Å². The molecule has 1 aliphatic heterocycles. The van der Waals surface area contributed by atoms with Crippen molar-refractivity contribution in [1.82, 2.24) is 9.55 Å². The van der Waals surface area contributed by atoms with Gasteiger partial charge in [0.2, 0.25) is 0 Å². The van der Waals surface area contributed by atoms with Gasteiger partial charge in [-0.05, 0) is 0 Å². The Balaban J connectivity index is 2.31. The number of nitrogen functional groups attached to an aromatic ring is 1. The van der Waals surface area contributed by atoms with Crippen molar-refractivity contribution in [3.05, 3.63) is 22.5 Å². The summed E-state index contributed by atoms with van der Waals surface area (Å²) in [6.45, 7) is 2.64. The molecule has 0 saturated carbocycles. The van der Waals surface area contributed by atoms with Crippen molar-refractivity contribution in [2.75, 3.05) is 18.2 Å². The molecule has 0 aliphatic carbocycles. The molecule has 0 unspecified atom stereocenters. The van der Waals surface area contributed by atoms with Gasteiger partial charge in [-0.25, -0.2) is 13.6 Å². The lowest BCUT2D eigenvalue weighted by atomic mass is 9.99.